The average Bonchev–Trinajstić information content (AvgIpc) is 3.07. The summed E-state index contributed by atoms with van der Waals surface area (Å²) in [7, 11) is 0. The van der Waals surface area contributed by atoms with Crippen molar-refractivity contribution in [1.29, 1.82) is 0 Å². The number of anilines is 1. The highest BCUT2D eigenvalue weighted by Gasteiger charge is 2.16. The van der Waals surface area contributed by atoms with Gasteiger partial charge in [0.05, 0.1) is 4.92 Å². The van der Waals surface area contributed by atoms with Crippen molar-refractivity contribution in [2.45, 2.75) is 25.9 Å². The molecule has 0 atom stereocenters. The van der Waals surface area contributed by atoms with E-state index in [-0.39, 0.29) is 11.4 Å². The molecule has 1 heterocycles. The molecule has 0 unspecified atom stereocenters. The van der Waals surface area contributed by atoms with E-state index in [2.05, 4.69) is 16.3 Å². The maximum absolute atomic E-state index is 13.4. The molecule has 5 nitrogen and oxygen atoms in total. The van der Waals surface area contributed by atoms with Crippen LogP contribution >= 0.6 is 0 Å². The molecule has 1 N–H and O–H groups in total. The van der Waals surface area contributed by atoms with Crippen LogP contribution in [0.15, 0.2) is 42.5 Å². The average molecular weight is 329 g/mol. The van der Waals surface area contributed by atoms with Gasteiger partial charge in [0.15, 0.2) is 0 Å². The first-order valence-electron chi connectivity index (χ1n) is 8.10. The van der Waals surface area contributed by atoms with Crippen molar-refractivity contribution in [3.8, 4) is 0 Å². The molecular formula is C18H20FN3O2. The minimum atomic E-state index is -0.502. The summed E-state index contributed by atoms with van der Waals surface area (Å²) in [5, 5.41) is 14.1. The standard InChI is InChI=1S/C18H20FN3O2/c19-16-7-8-18(22(23)24)17(11-16)20-12-14-5-1-2-6-15(14)13-21-9-3-4-10-21/h1-2,5-8,11,20H,3-4,9-10,12-13H2. The molecule has 2 aromatic rings. The summed E-state index contributed by atoms with van der Waals surface area (Å²) in [5.41, 5.74) is 2.36. The van der Waals surface area contributed by atoms with E-state index in [1.165, 1.54) is 30.5 Å². The van der Waals surface area contributed by atoms with Crippen LogP contribution in [0, 0.1) is 15.9 Å². The molecular weight excluding hydrogens is 309 g/mol. The highest BCUT2D eigenvalue weighted by atomic mass is 19.1. The highest BCUT2D eigenvalue weighted by Crippen LogP contribution is 2.26. The Balaban J connectivity index is 1.75. The predicted molar refractivity (Wildman–Crippen MR) is 91.3 cm³/mol. The summed E-state index contributed by atoms with van der Waals surface area (Å²) < 4.78 is 13.4. The van der Waals surface area contributed by atoms with Gasteiger partial charge < -0.3 is 5.32 Å². The third-order valence-electron chi connectivity index (χ3n) is 4.34. The van der Waals surface area contributed by atoms with Crippen LogP contribution in [0.25, 0.3) is 0 Å². The molecule has 126 valence electrons. The molecule has 0 saturated carbocycles. The van der Waals surface area contributed by atoms with Gasteiger partial charge in [-0.15, -0.1) is 0 Å². The van der Waals surface area contributed by atoms with Crippen molar-refractivity contribution in [3.05, 3.63) is 69.5 Å². The van der Waals surface area contributed by atoms with Crippen LogP contribution in [0.1, 0.15) is 24.0 Å². The van der Waals surface area contributed by atoms with Gasteiger partial charge in [-0.05, 0) is 43.1 Å². The van der Waals surface area contributed by atoms with Crippen LogP contribution in [0.3, 0.4) is 0 Å². The topological polar surface area (TPSA) is 58.4 Å². The van der Waals surface area contributed by atoms with E-state index in [4.69, 9.17) is 0 Å². The summed E-state index contributed by atoms with van der Waals surface area (Å²) in [6, 6.07) is 11.5. The lowest BCUT2D eigenvalue weighted by Gasteiger charge is -2.18. The molecule has 6 heteroatoms. The van der Waals surface area contributed by atoms with Crippen LogP contribution < -0.4 is 5.32 Å². The SMILES string of the molecule is O=[N+]([O-])c1ccc(F)cc1NCc1ccccc1CN1CCCC1. The number of nitro benzene ring substituents is 1. The summed E-state index contributed by atoms with van der Waals surface area (Å²) in [6.07, 6.45) is 2.46. The van der Waals surface area contributed by atoms with Crippen LogP contribution in [-0.4, -0.2) is 22.9 Å². The molecule has 0 aromatic heterocycles. The first-order valence-corrected chi connectivity index (χ1v) is 8.10. The van der Waals surface area contributed by atoms with Crippen LogP contribution in [0.4, 0.5) is 15.8 Å². The van der Waals surface area contributed by atoms with Gasteiger partial charge in [0.2, 0.25) is 0 Å². The number of hydrogen-bond acceptors (Lipinski definition) is 4. The summed E-state index contributed by atoms with van der Waals surface area (Å²) in [6.45, 7) is 3.52. The highest BCUT2D eigenvalue weighted by molar-refractivity contribution is 5.61. The first-order chi connectivity index (χ1) is 11.6. The van der Waals surface area contributed by atoms with Crippen LogP contribution in [0.2, 0.25) is 0 Å². The minimum absolute atomic E-state index is 0.117. The fourth-order valence-electron chi connectivity index (χ4n) is 3.07. The molecule has 0 amide bonds. The third kappa shape index (κ3) is 3.89. The van der Waals surface area contributed by atoms with E-state index in [1.54, 1.807) is 0 Å². The Morgan fingerprint density at radius 1 is 1.12 bits per heavy atom. The Kier molecular flexibility index (Phi) is 5.05. The lowest BCUT2D eigenvalue weighted by Crippen LogP contribution is -2.19. The van der Waals surface area contributed by atoms with Gasteiger partial charge in [-0.2, -0.15) is 0 Å². The lowest BCUT2D eigenvalue weighted by molar-refractivity contribution is -0.384. The van der Waals surface area contributed by atoms with Gasteiger partial charge >= 0.3 is 0 Å². The molecule has 3 rings (SSSR count). The van der Waals surface area contributed by atoms with E-state index >= 15 is 0 Å². The monoisotopic (exact) mass is 329 g/mol. The molecule has 0 bridgehead atoms. The molecule has 24 heavy (non-hydrogen) atoms. The smallest absolute Gasteiger partial charge is 0.292 e. The molecule has 0 aliphatic carbocycles. The van der Waals surface area contributed by atoms with Crippen molar-refractivity contribution >= 4 is 11.4 Å². The van der Waals surface area contributed by atoms with Gasteiger partial charge in [0.25, 0.3) is 5.69 Å². The second kappa shape index (κ2) is 7.40. The molecule has 0 spiro atoms. The van der Waals surface area contributed by atoms with Crippen molar-refractivity contribution in [2.24, 2.45) is 0 Å². The third-order valence-corrected chi connectivity index (χ3v) is 4.34. The van der Waals surface area contributed by atoms with Gasteiger partial charge in [0.1, 0.15) is 11.5 Å². The molecule has 1 aliphatic rings. The fraction of sp³-hybridized carbons (Fsp3) is 0.333. The number of nitro groups is 1. The largest absolute Gasteiger partial charge is 0.375 e. The Hall–Kier alpha value is -2.47. The lowest BCUT2D eigenvalue weighted by atomic mass is 10.1. The number of likely N-dealkylation sites (tertiary alicyclic amines) is 1. The van der Waals surface area contributed by atoms with E-state index in [1.807, 2.05) is 18.2 Å². The molecule has 2 aromatic carbocycles. The maximum Gasteiger partial charge on any atom is 0.292 e. The number of hydrogen-bond donors (Lipinski definition) is 1. The summed E-state index contributed by atoms with van der Waals surface area (Å²) >= 11 is 0. The maximum atomic E-state index is 13.4. The van der Waals surface area contributed by atoms with Gasteiger partial charge in [-0.3, -0.25) is 15.0 Å². The zero-order chi connectivity index (χ0) is 16.9. The second-order valence-electron chi connectivity index (χ2n) is 6.02. The van der Waals surface area contributed by atoms with E-state index < -0.39 is 10.7 Å². The Bertz CT molecular complexity index is 730. The minimum Gasteiger partial charge on any atom is -0.375 e. The van der Waals surface area contributed by atoms with Crippen molar-refractivity contribution in [1.82, 2.24) is 4.90 Å². The normalized spacial score (nSPS) is 14.7. The molecule has 1 saturated heterocycles. The molecule has 1 fully saturated rings. The van der Waals surface area contributed by atoms with E-state index in [0.29, 0.717) is 6.54 Å². The van der Waals surface area contributed by atoms with Gasteiger partial charge in [-0.25, -0.2) is 4.39 Å². The zero-order valence-electron chi connectivity index (χ0n) is 13.4. The number of benzene rings is 2. The molecule has 1 aliphatic heterocycles. The van der Waals surface area contributed by atoms with Crippen molar-refractivity contribution in [3.63, 3.8) is 0 Å². The number of rotatable bonds is 6. The molecule has 0 radical (unpaired) electrons. The number of halogens is 1. The van der Waals surface area contributed by atoms with Gasteiger partial charge in [0, 0.05) is 25.2 Å². The van der Waals surface area contributed by atoms with Gasteiger partial charge in [-0.1, -0.05) is 24.3 Å². The van der Waals surface area contributed by atoms with Crippen LogP contribution in [0.5, 0.6) is 0 Å². The quantitative estimate of drug-likeness (QED) is 0.644. The Morgan fingerprint density at radius 2 is 1.83 bits per heavy atom. The second-order valence-corrected chi connectivity index (χ2v) is 6.02. The zero-order valence-corrected chi connectivity index (χ0v) is 13.4. The van der Waals surface area contributed by atoms with Crippen molar-refractivity contribution < 1.29 is 9.31 Å². The van der Waals surface area contributed by atoms with E-state index in [0.717, 1.165) is 31.3 Å². The van der Waals surface area contributed by atoms with Crippen molar-refractivity contribution in [2.75, 3.05) is 18.4 Å². The predicted octanol–water partition coefficient (Wildman–Crippen LogP) is 3.94. The Labute approximate surface area is 140 Å². The summed E-state index contributed by atoms with van der Waals surface area (Å²) in [5.74, 6) is -0.492. The Morgan fingerprint density at radius 3 is 2.54 bits per heavy atom. The van der Waals surface area contributed by atoms with Crippen LogP contribution in [-0.2, 0) is 13.1 Å². The number of nitrogens with zero attached hydrogens (tertiary/aromatic N) is 2. The summed E-state index contributed by atoms with van der Waals surface area (Å²) in [4.78, 5) is 13.0. The van der Waals surface area contributed by atoms with E-state index in [9.17, 15) is 14.5 Å². The number of nitrogens with one attached hydrogen (secondary N) is 1. The first kappa shape index (κ1) is 16.4. The fourth-order valence-corrected chi connectivity index (χ4v) is 3.07.